The molecule has 0 radical (unpaired) electrons. The quantitative estimate of drug-likeness (QED) is 0.104. The SMILES string of the molecule is NC(=O)c1ccc(-c2ccnc(NCc3ccc(Br)cc3)n2)cc1NC(=O)c1ccc(-c2ccnc(NCc3cccc4ccccc34)n2)cc1. The van der Waals surface area contributed by atoms with Gasteiger partial charge in [-0.2, -0.15) is 0 Å². The van der Waals surface area contributed by atoms with Gasteiger partial charge in [-0.05, 0) is 70.4 Å². The van der Waals surface area contributed by atoms with E-state index < -0.39 is 11.8 Å². The first-order valence-electron chi connectivity index (χ1n) is 16.1. The molecule has 0 saturated carbocycles. The first-order valence-corrected chi connectivity index (χ1v) is 16.9. The summed E-state index contributed by atoms with van der Waals surface area (Å²) in [4.78, 5) is 43.8. The maximum atomic E-state index is 13.4. The summed E-state index contributed by atoms with van der Waals surface area (Å²) < 4.78 is 1.00. The molecule has 0 aliphatic rings. The van der Waals surface area contributed by atoms with E-state index in [4.69, 9.17) is 10.7 Å². The lowest BCUT2D eigenvalue weighted by atomic mass is 10.0. The fourth-order valence-corrected chi connectivity index (χ4v) is 5.89. The number of halogens is 1. The number of fused-ring (bicyclic) bond motifs is 1. The molecule has 0 spiro atoms. The highest BCUT2D eigenvalue weighted by Crippen LogP contribution is 2.27. The van der Waals surface area contributed by atoms with E-state index in [0.29, 0.717) is 47.5 Å². The van der Waals surface area contributed by atoms with Gasteiger partial charge in [-0.15, -0.1) is 0 Å². The predicted octanol–water partition coefficient (Wildman–Crippen LogP) is 8.09. The fraction of sp³-hybridized carbons (Fsp3) is 0.0500. The zero-order valence-electron chi connectivity index (χ0n) is 27.2. The van der Waals surface area contributed by atoms with Crippen LogP contribution in [0.1, 0.15) is 31.8 Å². The number of aromatic nitrogens is 4. The van der Waals surface area contributed by atoms with Gasteiger partial charge in [0.1, 0.15) is 0 Å². The molecule has 5 aromatic carbocycles. The fourth-order valence-electron chi connectivity index (χ4n) is 5.62. The molecule has 51 heavy (non-hydrogen) atoms. The normalized spacial score (nSPS) is 10.8. The smallest absolute Gasteiger partial charge is 0.255 e. The first-order chi connectivity index (χ1) is 24.9. The minimum Gasteiger partial charge on any atom is -0.366 e. The Morgan fingerprint density at radius 2 is 1.31 bits per heavy atom. The molecule has 0 saturated heterocycles. The van der Waals surface area contributed by atoms with Crippen LogP contribution in [0.5, 0.6) is 0 Å². The molecular weight excluding hydrogens is 704 g/mol. The zero-order chi connectivity index (χ0) is 35.2. The van der Waals surface area contributed by atoms with Crippen LogP contribution in [0.3, 0.4) is 0 Å². The standard InChI is InChI=1S/C40H31BrN8O2/c41-31-15-8-25(9-16-31)23-45-39-43-21-19-35(49-39)29-14-17-33(37(42)50)36(22-29)47-38(51)28-12-10-27(11-13-28)34-18-20-44-40(48-34)46-24-30-6-3-5-26-4-1-2-7-32(26)30/h1-22H,23-24H2,(H2,42,50)(H,47,51)(H,43,45,49)(H,44,46,48). The van der Waals surface area contributed by atoms with E-state index >= 15 is 0 Å². The van der Waals surface area contributed by atoms with Gasteiger partial charge >= 0.3 is 0 Å². The highest BCUT2D eigenvalue weighted by Gasteiger charge is 2.15. The molecule has 7 rings (SSSR count). The van der Waals surface area contributed by atoms with Crippen molar-refractivity contribution in [3.8, 4) is 22.5 Å². The van der Waals surface area contributed by atoms with E-state index in [0.717, 1.165) is 21.2 Å². The summed E-state index contributed by atoms with van der Waals surface area (Å²) in [7, 11) is 0. The Labute approximate surface area is 302 Å². The molecule has 0 fully saturated rings. The van der Waals surface area contributed by atoms with Gasteiger partial charge in [0.2, 0.25) is 11.9 Å². The summed E-state index contributed by atoms with van der Waals surface area (Å²) in [5.41, 5.74) is 11.5. The average Bonchev–Trinajstić information content (AvgIpc) is 3.17. The number of nitrogens with zero attached hydrogens (tertiary/aromatic N) is 4. The number of hydrogen-bond acceptors (Lipinski definition) is 8. The Balaban J connectivity index is 1.04. The predicted molar refractivity (Wildman–Crippen MR) is 204 cm³/mol. The summed E-state index contributed by atoms with van der Waals surface area (Å²) in [5.74, 6) is -0.130. The number of amides is 2. The van der Waals surface area contributed by atoms with Crippen LogP contribution in [0, 0.1) is 0 Å². The third-order valence-electron chi connectivity index (χ3n) is 8.26. The second-order valence-corrected chi connectivity index (χ2v) is 12.6. The molecule has 0 aliphatic heterocycles. The van der Waals surface area contributed by atoms with Crippen LogP contribution in [-0.2, 0) is 13.1 Å². The Bertz CT molecular complexity index is 2360. The molecule has 7 aromatic rings. The molecule has 250 valence electrons. The van der Waals surface area contributed by atoms with Crippen molar-refractivity contribution in [2.24, 2.45) is 5.73 Å². The maximum Gasteiger partial charge on any atom is 0.255 e. The first kappa shape index (κ1) is 33.1. The third kappa shape index (κ3) is 7.90. The number of primary amides is 1. The summed E-state index contributed by atoms with van der Waals surface area (Å²) >= 11 is 3.45. The Hall–Kier alpha value is -6.46. The van der Waals surface area contributed by atoms with E-state index in [1.165, 1.54) is 10.8 Å². The summed E-state index contributed by atoms with van der Waals surface area (Å²) in [6.45, 7) is 1.11. The number of benzene rings is 5. The number of nitrogens with one attached hydrogen (secondary N) is 3. The average molecular weight is 736 g/mol. The molecule has 11 heteroatoms. The highest BCUT2D eigenvalue weighted by molar-refractivity contribution is 9.10. The third-order valence-corrected chi connectivity index (χ3v) is 8.79. The van der Waals surface area contributed by atoms with Crippen molar-refractivity contribution >= 4 is 56.1 Å². The molecule has 2 amide bonds. The van der Waals surface area contributed by atoms with Crippen LogP contribution in [0.2, 0.25) is 0 Å². The van der Waals surface area contributed by atoms with Gasteiger partial charge < -0.3 is 21.7 Å². The van der Waals surface area contributed by atoms with E-state index in [9.17, 15) is 9.59 Å². The molecule has 0 atom stereocenters. The minimum atomic E-state index is -0.666. The number of nitrogens with two attached hydrogens (primary N) is 1. The molecule has 5 N–H and O–H groups in total. The minimum absolute atomic E-state index is 0.177. The second kappa shape index (κ2) is 15.0. The zero-order valence-corrected chi connectivity index (χ0v) is 28.8. The summed E-state index contributed by atoms with van der Waals surface area (Å²) in [6, 6.07) is 38.0. The van der Waals surface area contributed by atoms with Gasteiger partial charge in [-0.1, -0.05) is 88.7 Å². The van der Waals surface area contributed by atoms with Crippen molar-refractivity contribution in [1.82, 2.24) is 19.9 Å². The van der Waals surface area contributed by atoms with Crippen molar-refractivity contribution in [2.75, 3.05) is 16.0 Å². The molecule has 0 unspecified atom stereocenters. The van der Waals surface area contributed by atoms with E-state index in [1.807, 2.05) is 60.7 Å². The molecule has 2 heterocycles. The van der Waals surface area contributed by atoms with Crippen molar-refractivity contribution < 1.29 is 9.59 Å². The van der Waals surface area contributed by atoms with Crippen LogP contribution in [0.4, 0.5) is 17.6 Å². The number of carbonyl (C=O) groups excluding carboxylic acids is 2. The monoisotopic (exact) mass is 734 g/mol. The number of hydrogen-bond donors (Lipinski definition) is 4. The van der Waals surface area contributed by atoms with Crippen molar-refractivity contribution in [3.63, 3.8) is 0 Å². The Morgan fingerprint density at radius 1 is 0.667 bits per heavy atom. The summed E-state index contributed by atoms with van der Waals surface area (Å²) in [5, 5.41) is 11.8. The maximum absolute atomic E-state index is 13.4. The van der Waals surface area contributed by atoms with Crippen molar-refractivity contribution in [3.05, 3.63) is 160 Å². The number of anilines is 3. The van der Waals surface area contributed by atoms with Crippen LogP contribution < -0.4 is 21.7 Å². The van der Waals surface area contributed by atoms with Crippen LogP contribution in [0.15, 0.2) is 138 Å². The highest BCUT2D eigenvalue weighted by atomic mass is 79.9. The molecule has 10 nitrogen and oxygen atoms in total. The van der Waals surface area contributed by atoms with Crippen molar-refractivity contribution in [2.45, 2.75) is 13.1 Å². The van der Waals surface area contributed by atoms with E-state index in [1.54, 1.807) is 48.8 Å². The van der Waals surface area contributed by atoms with Gasteiger partial charge in [-0.25, -0.2) is 19.9 Å². The van der Waals surface area contributed by atoms with Crippen molar-refractivity contribution in [1.29, 1.82) is 0 Å². The van der Waals surface area contributed by atoms with Gasteiger partial charge in [-0.3, -0.25) is 9.59 Å². The second-order valence-electron chi connectivity index (χ2n) is 11.7. The Kier molecular flexibility index (Phi) is 9.71. The van der Waals surface area contributed by atoms with E-state index in [2.05, 4.69) is 71.1 Å². The lowest BCUT2D eigenvalue weighted by Gasteiger charge is -2.12. The van der Waals surface area contributed by atoms with Gasteiger partial charge in [0.15, 0.2) is 0 Å². The molecule has 0 bridgehead atoms. The largest absolute Gasteiger partial charge is 0.366 e. The number of rotatable bonds is 11. The lowest BCUT2D eigenvalue weighted by Crippen LogP contribution is -2.18. The topological polar surface area (TPSA) is 148 Å². The van der Waals surface area contributed by atoms with Crippen LogP contribution >= 0.6 is 15.9 Å². The van der Waals surface area contributed by atoms with Crippen LogP contribution in [0.25, 0.3) is 33.3 Å². The summed E-state index contributed by atoms with van der Waals surface area (Å²) in [6.07, 6.45) is 3.35. The van der Waals surface area contributed by atoms with Gasteiger partial charge in [0, 0.05) is 46.6 Å². The molecule has 0 aliphatic carbocycles. The Morgan fingerprint density at radius 3 is 2.04 bits per heavy atom. The van der Waals surface area contributed by atoms with Gasteiger partial charge in [0.05, 0.1) is 22.6 Å². The van der Waals surface area contributed by atoms with E-state index in [-0.39, 0.29) is 11.3 Å². The van der Waals surface area contributed by atoms with Gasteiger partial charge in [0.25, 0.3) is 11.8 Å². The molecule has 2 aromatic heterocycles. The lowest BCUT2D eigenvalue weighted by molar-refractivity contribution is 0.100. The van der Waals surface area contributed by atoms with Crippen LogP contribution in [-0.4, -0.2) is 31.8 Å². The molecular formula is C40H31BrN8O2. The number of carbonyl (C=O) groups is 2.